The molecule has 0 aliphatic carbocycles. The highest BCUT2D eigenvalue weighted by Crippen LogP contribution is 2.39. The maximum atomic E-state index is 13.7. The Morgan fingerprint density at radius 2 is 1.61 bits per heavy atom. The van der Waals surface area contributed by atoms with Crippen LogP contribution in [0, 0.1) is 23.7 Å². The average Bonchev–Trinajstić information content (AvgIpc) is 3.43. The summed E-state index contributed by atoms with van der Waals surface area (Å²) in [5, 5.41) is 35.7. The Balaban J connectivity index is 1.48. The molecule has 66 heavy (non-hydrogen) atoms. The molecule has 2 fully saturated rings. The molecule has 6 rings (SSSR count). The van der Waals surface area contributed by atoms with E-state index >= 15 is 0 Å². The van der Waals surface area contributed by atoms with Crippen molar-refractivity contribution in [2.75, 3.05) is 21.2 Å². The highest BCUT2D eigenvalue weighted by atomic mass is 16.8. The van der Waals surface area contributed by atoms with Gasteiger partial charge in [0.15, 0.2) is 18.7 Å². The molecule has 21 nitrogen and oxygen atoms in total. The lowest BCUT2D eigenvalue weighted by atomic mass is 9.81. The zero-order chi connectivity index (χ0) is 49.1. The van der Waals surface area contributed by atoms with Crippen molar-refractivity contribution in [2.24, 2.45) is 30.7 Å². The first-order valence-electron chi connectivity index (χ1n) is 22.9. The van der Waals surface area contributed by atoms with Crippen molar-refractivity contribution in [3.05, 3.63) is 33.1 Å². The van der Waals surface area contributed by atoms with Gasteiger partial charge in [0.1, 0.15) is 36.8 Å². The van der Waals surface area contributed by atoms with Crippen LogP contribution in [0.1, 0.15) is 106 Å². The number of aromatic nitrogens is 3. The molecular weight excluding hydrogens is 869 g/mol. The zero-order valence-corrected chi connectivity index (χ0v) is 40.2. The van der Waals surface area contributed by atoms with E-state index < -0.39 is 139 Å². The molecular formula is C45H72N4O17. The quantitative estimate of drug-likeness (QED) is 0.115. The number of fused-ring (bicyclic) bond motifs is 11. The summed E-state index contributed by atoms with van der Waals surface area (Å²) in [5.74, 6) is -5.81. The van der Waals surface area contributed by atoms with Gasteiger partial charge < -0.3 is 62.9 Å². The summed E-state index contributed by atoms with van der Waals surface area (Å²) in [6.45, 7) is 13.2. The van der Waals surface area contributed by atoms with Crippen molar-refractivity contribution in [2.45, 2.75) is 185 Å². The first-order chi connectivity index (χ1) is 30.9. The highest BCUT2D eigenvalue weighted by molar-refractivity contribution is 5.72. The average molecular weight is 941 g/mol. The Morgan fingerprint density at radius 3 is 2.20 bits per heavy atom. The van der Waals surface area contributed by atoms with E-state index in [4.69, 9.17) is 37.9 Å². The Morgan fingerprint density at radius 1 is 0.939 bits per heavy atom. The minimum Gasteiger partial charge on any atom is -0.462 e. The molecule has 374 valence electrons. The lowest BCUT2D eigenvalue weighted by molar-refractivity contribution is -0.379. The normalized spacial score (nSPS) is 39.0. The highest BCUT2D eigenvalue weighted by Gasteiger charge is 2.53. The third-order valence-corrected chi connectivity index (χ3v) is 13.1. The second-order valence-corrected chi connectivity index (χ2v) is 19.4. The zero-order valence-electron chi connectivity index (χ0n) is 40.2. The molecule has 6 heterocycles. The summed E-state index contributed by atoms with van der Waals surface area (Å²) in [5.41, 5.74) is -1.34. The predicted molar refractivity (Wildman–Crippen MR) is 232 cm³/mol. The van der Waals surface area contributed by atoms with Crippen molar-refractivity contribution in [1.82, 2.24) is 18.8 Å². The maximum Gasteiger partial charge on any atom is 0.347 e. The summed E-state index contributed by atoms with van der Waals surface area (Å²) in [4.78, 5) is 80.0. The van der Waals surface area contributed by atoms with Gasteiger partial charge in [0.2, 0.25) is 5.79 Å². The SMILES string of the molecule is CO[C@@H]1[C@@H](O[C@@H]2O[C@H](C)[C@@H](O[C@@H]3C[C@@H](C)[C@H](OC(=O)CC(C)C)[C@](C)(O)O3)[C@H](N(C)C)[C@H]2O)[C@@H](C)C[C@@H](CC=O)[C@@H](O)C2C=CC(C[C@@H](C)OC(=O)C[C@H]1OC(C)=O)n1c(=O)n(C)c(=O)n12. The molecule has 2 bridgehead atoms. The van der Waals surface area contributed by atoms with Crippen LogP contribution >= 0.6 is 0 Å². The van der Waals surface area contributed by atoms with E-state index in [2.05, 4.69) is 0 Å². The van der Waals surface area contributed by atoms with Gasteiger partial charge in [-0.15, -0.1) is 0 Å². The molecule has 5 aliphatic heterocycles. The molecule has 0 aromatic carbocycles. The number of aldehydes is 1. The molecule has 0 spiro atoms. The van der Waals surface area contributed by atoms with Crippen LogP contribution < -0.4 is 11.4 Å². The summed E-state index contributed by atoms with van der Waals surface area (Å²) in [6, 6.07) is -2.65. The van der Waals surface area contributed by atoms with E-state index in [0.717, 1.165) is 9.25 Å². The molecule has 1 aromatic rings. The van der Waals surface area contributed by atoms with Gasteiger partial charge in [-0.25, -0.2) is 23.5 Å². The number of allylic oxidation sites excluding steroid dienone is 1. The van der Waals surface area contributed by atoms with E-state index in [9.17, 15) is 44.1 Å². The van der Waals surface area contributed by atoms with E-state index in [1.165, 1.54) is 32.7 Å². The van der Waals surface area contributed by atoms with E-state index in [1.807, 2.05) is 20.8 Å². The number of carbonyl (C=O) groups excluding carboxylic acids is 4. The lowest BCUT2D eigenvalue weighted by Gasteiger charge is -2.50. The standard InChI is InChI=1S/C45H72N4O17/c1-22(2)17-32(52)63-41-24(4)19-34(66-45(41,8)58)64-39-26(6)61-42(37(55)35(39)46(9)10)65-38-23(3)18-28(15-16-50)36(54)30-14-13-29(48-43(56)47(11)44(57)49(30)48)20-25(5)60-33(53)21-31(40(38)59-12)62-27(7)51/h13-14,16,22-26,28-31,34-42,54-55,58H,15,17-21H2,1-12H3/t23-,24+,25+,26+,28+,29?,30?,31+,34-,35+,36+,37+,38-,39+,40-,41-,42-,45+/m0/s1. The number of aliphatic hydroxyl groups excluding tert-OH is 2. The van der Waals surface area contributed by atoms with Crippen molar-refractivity contribution in [1.29, 1.82) is 0 Å². The first kappa shape index (κ1) is 53.2. The largest absolute Gasteiger partial charge is 0.462 e. The molecule has 0 amide bonds. The smallest absolute Gasteiger partial charge is 0.347 e. The third-order valence-electron chi connectivity index (χ3n) is 13.1. The van der Waals surface area contributed by atoms with E-state index in [1.54, 1.807) is 51.9 Å². The predicted octanol–water partition coefficient (Wildman–Crippen LogP) is 1.12. The topological polar surface area (TPSA) is 255 Å². The van der Waals surface area contributed by atoms with Gasteiger partial charge in [-0.2, -0.15) is 0 Å². The van der Waals surface area contributed by atoms with Gasteiger partial charge in [-0.1, -0.05) is 39.8 Å². The van der Waals surface area contributed by atoms with Crippen LogP contribution in [-0.2, 0) is 64.1 Å². The Hall–Kier alpha value is -3.80. The number of hydrogen-bond donors (Lipinski definition) is 3. The molecule has 5 aliphatic rings. The number of methoxy groups -OCH3 is 1. The molecule has 18 atom stereocenters. The van der Waals surface area contributed by atoms with Crippen LogP contribution in [0.3, 0.4) is 0 Å². The number of likely N-dealkylation sites (N-methyl/N-ethyl adjacent to an activating group) is 1. The monoisotopic (exact) mass is 940 g/mol. The second-order valence-electron chi connectivity index (χ2n) is 19.4. The molecule has 1 aromatic heterocycles. The van der Waals surface area contributed by atoms with Crippen LogP contribution in [0.25, 0.3) is 0 Å². The van der Waals surface area contributed by atoms with Gasteiger partial charge in [0.25, 0.3) is 0 Å². The van der Waals surface area contributed by atoms with E-state index in [0.29, 0.717) is 6.29 Å². The number of esters is 3. The molecule has 0 radical (unpaired) electrons. The van der Waals surface area contributed by atoms with Crippen LogP contribution in [0.4, 0.5) is 0 Å². The number of ether oxygens (including phenoxy) is 8. The third kappa shape index (κ3) is 11.9. The van der Waals surface area contributed by atoms with Crippen LogP contribution in [0.5, 0.6) is 0 Å². The minimum absolute atomic E-state index is 0.0183. The van der Waals surface area contributed by atoms with Gasteiger partial charge in [-0.3, -0.25) is 14.4 Å². The van der Waals surface area contributed by atoms with Crippen molar-refractivity contribution < 1.29 is 72.4 Å². The summed E-state index contributed by atoms with van der Waals surface area (Å²) in [6.07, 6.45) is -8.78. The fraction of sp³-hybridized carbons (Fsp3) is 0.822. The minimum atomic E-state index is -1.91. The molecule has 0 saturated carbocycles. The Kier molecular flexibility index (Phi) is 17.8. The number of carbonyl (C=O) groups is 4. The first-order valence-corrected chi connectivity index (χ1v) is 22.9. The van der Waals surface area contributed by atoms with Gasteiger partial charge in [0.05, 0.1) is 42.9 Å². The van der Waals surface area contributed by atoms with Crippen molar-refractivity contribution in [3.8, 4) is 0 Å². The van der Waals surface area contributed by atoms with Crippen LogP contribution in [-0.4, -0.2) is 159 Å². The number of rotatable bonds is 12. The molecule has 3 N–H and O–H groups in total. The molecule has 2 saturated heterocycles. The van der Waals surface area contributed by atoms with Gasteiger partial charge in [-0.05, 0) is 59.0 Å². The van der Waals surface area contributed by atoms with Crippen molar-refractivity contribution in [3.63, 3.8) is 0 Å². The Bertz CT molecular complexity index is 1990. The number of aliphatic hydroxyl groups is 3. The fourth-order valence-electron chi connectivity index (χ4n) is 10.1. The second kappa shape index (κ2) is 22.1. The van der Waals surface area contributed by atoms with Crippen LogP contribution in [0.15, 0.2) is 21.7 Å². The lowest BCUT2D eigenvalue weighted by Crippen LogP contribution is -2.65. The molecule has 2 unspecified atom stereocenters. The summed E-state index contributed by atoms with van der Waals surface area (Å²) in [7, 11) is 6.11. The molecule has 21 heteroatoms. The van der Waals surface area contributed by atoms with Crippen LogP contribution in [0.2, 0.25) is 0 Å². The summed E-state index contributed by atoms with van der Waals surface area (Å²) < 4.78 is 52.1. The maximum absolute atomic E-state index is 13.7. The van der Waals surface area contributed by atoms with Gasteiger partial charge >= 0.3 is 29.3 Å². The summed E-state index contributed by atoms with van der Waals surface area (Å²) >= 11 is 0. The number of nitrogens with zero attached hydrogens (tertiary/aromatic N) is 4. The van der Waals surface area contributed by atoms with Crippen molar-refractivity contribution >= 4 is 24.2 Å². The van der Waals surface area contributed by atoms with Gasteiger partial charge in [0, 0.05) is 52.7 Å². The van der Waals surface area contributed by atoms with E-state index in [-0.39, 0.29) is 43.9 Å². The number of hydrogen-bond acceptors (Lipinski definition) is 18. The Labute approximate surface area is 385 Å². The fourth-order valence-corrected chi connectivity index (χ4v) is 10.1.